The molecular weight excluding hydrogens is 320 g/mol. The molecule has 0 aliphatic heterocycles. The molecule has 1 amide bonds. The van der Waals surface area contributed by atoms with Crippen LogP contribution in [0.4, 0.5) is 5.13 Å². The number of hydrazine groups is 1. The van der Waals surface area contributed by atoms with E-state index in [1.807, 2.05) is 6.07 Å². The summed E-state index contributed by atoms with van der Waals surface area (Å²) < 4.78 is 4.76. The molecule has 3 N–H and O–H groups in total. The van der Waals surface area contributed by atoms with Crippen LogP contribution in [0.15, 0.2) is 40.9 Å². The maximum atomic E-state index is 11.9. The molecule has 1 aromatic carbocycles. The van der Waals surface area contributed by atoms with Crippen LogP contribution in [0.5, 0.6) is 0 Å². The van der Waals surface area contributed by atoms with Crippen molar-refractivity contribution in [2.45, 2.75) is 6.92 Å². The van der Waals surface area contributed by atoms with Crippen LogP contribution in [-0.4, -0.2) is 34.4 Å². The molecule has 0 radical (unpaired) electrons. The van der Waals surface area contributed by atoms with Gasteiger partial charge in [-0.05, 0) is 19.1 Å². The van der Waals surface area contributed by atoms with E-state index in [-0.39, 0.29) is 23.9 Å². The van der Waals surface area contributed by atoms with E-state index in [0.29, 0.717) is 10.7 Å². The molecular formula is C14H14N4O4S. The Balaban J connectivity index is 2.00. The number of nitrogens with zero attached hydrogens (tertiary/aromatic N) is 2. The SMILES string of the molecule is CCOC(=O)/C(=N\O)c1csc(NNC(=O)c2ccccc2)n1. The molecule has 2 aromatic rings. The lowest BCUT2D eigenvalue weighted by Gasteiger charge is -2.05. The fourth-order valence-corrected chi connectivity index (χ4v) is 2.26. The van der Waals surface area contributed by atoms with Crippen molar-refractivity contribution in [3.8, 4) is 0 Å². The molecule has 0 atom stereocenters. The van der Waals surface area contributed by atoms with Crippen molar-refractivity contribution < 1.29 is 19.5 Å². The van der Waals surface area contributed by atoms with Gasteiger partial charge in [0.05, 0.1) is 6.61 Å². The summed E-state index contributed by atoms with van der Waals surface area (Å²) in [5, 5.41) is 13.6. The van der Waals surface area contributed by atoms with E-state index in [9.17, 15) is 9.59 Å². The van der Waals surface area contributed by atoms with Gasteiger partial charge in [0.15, 0.2) is 0 Å². The van der Waals surface area contributed by atoms with E-state index in [0.717, 1.165) is 11.3 Å². The highest BCUT2D eigenvalue weighted by Gasteiger charge is 2.19. The van der Waals surface area contributed by atoms with Crippen molar-refractivity contribution in [3.05, 3.63) is 47.0 Å². The molecule has 0 saturated carbocycles. The van der Waals surface area contributed by atoms with Gasteiger partial charge in [-0.15, -0.1) is 11.3 Å². The first-order chi connectivity index (χ1) is 11.2. The quantitative estimate of drug-likeness (QED) is 0.320. The van der Waals surface area contributed by atoms with Gasteiger partial charge < -0.3 is 9.94 Å². The van der Waals surface area contributed by atoms with Crippen molar-refractivity contribution in [2.24, 2.45) is 5.16 Å². The number of thiazole rings is 1. The lowest BCUT2D eigenvalue weighted by Crippen LogP contribution is -2.29. The third-order valence-corrected chi connectivity index (χ3v) is 3.39. The molecule has 0 fully saturated rings. The maximum Gasteiger partial charge on any atom is 0.362 e. The van der Waals surface area contributed by atoms with E-state index < -0.39 is 5.97 Å². The molecule has 9 heteroatoms. The highest BCUT2D eigenvalue weighted by atomic mass is 32.1. The van der Waals surface area contributed by atoms with E-state index in [2.05, 4.69) is 21.0 Å². The number of rotatable bonds is 6. The van der Waals surface area contributed by atoms with Gasteiger partial charge in [0, 0.05) is 10.9 Å². The number of nitrogens with one attached hydrogen (secondary N) is 2. The molecule has 0 saturated heterocycles. The summed E-state index contributed by atoms with van der Waals surface area (Å²) in [4.78, 5) is 27.5. The van der Waals surface area contributed by atoms with E-state index in [1.165, 1.54) is 5.38 Å². The Kier molecular flexibility index (Phi) is 5.64. The second kappa shape index (κ2) is 7.90. The number of aromatic nitrogens is 1. The Labute approximate surface area is 135 Å². The Bertz CT molecular complexity index is 715. The first-order valence-corrected chi connectivity index (χ1v) is 7.50. The van der Waals surface area contributed by atoms with Crippen LogP contribution in [0, 0.1) is 0 Å². The van der Waals surface area contributed by atoms with Crippen LogP contribution in [0.3, 0.4) is 0 Å². The maximum absolute atomic E-state index is 11.9. The van der Waals surface area contributed by atoms with Crippen LogP contribution < -0.4 is 10.9 Å². The fourth-order valence-electron chi connectivity index (χ4n) is 1.61. The minimum absolute atomic E-state index is 0.146. The van der Waals surface area contributed by atoms with Crippen molar-refractivity contribution in [1.29, 1.82) is 0 Å². The summed E-state index contributed by atoms with van der Waals surface area (Å²) in [6.45, 7) is 1.79. The van der Waals surface area contributed by atoms with Crippen LogP contribution in [0.1, 0.15) is 23.0 Å². The van der Waals surface area contributed by atoms with Gasteiger partial charge in [-0.1, -0.05) is 23.4 Å². The fraction of sp³-hybridized carbons (Fsp3) is 0.143. The topological polar surface area (TPSA) is 113 Å². The van der Waals surface area contributed by atoms with E-state index in [1.54, 1.807) is 31.2 Å². The Morgan fingerprint density at radius 3 is 2.74 bits per heavy atom. The first-order valence-electron chi connectivity index (χ1n) is 6.62. The molecule has 0 aliphatic rings. The number of carbonyl (C=O) groups is 2. The molecule has 0 aliphatic carbocycles. The number of carbonyl (C=O) groups excluding carboxylic acids is 2. The second-order valence-corrected chi connectivity index (χ2v) is 5.01. The Hall–Kier alpha value is -2.94. The highest BCUT2D eigenvalue weighted by molar-refractivity contribution is 7.14. The molecule has 1 aromatic heterocycles. The zero-order valence-electron chi connectivity index (χ0n) is 12.1. The number of anilines is 1. The number of hydrogen-bond donors (Lipinski definition) is 3. The first kappa shape index (κ1) is 16.4. The third kappa shape index (κ3) is 4.27. The monoisotopic (exact) mass is 334 g/mol. The van der Waals surface area contributed by atoms with Gasteiger partial charge in [-0.25, -0.2) is 9.78 Å². The zero-order chi connectivity index (χ0) is 16.7. The summed E-state index contributed by atoms with van der Waals surface area (Å²) in [6.07, 6.45) is 0. The average Bonchev–Trinajstić information content (AvgIpc) is 3.03. The molecule has 1 heterocycles. The van der Waals surface area contributed by atoms with Gasteiger partial charge in [0.25, 0.3) is 5.91 Å². The number of oxime groups is 1. The highest BCUT2D eigenvalue weighted by Crippen LogP contribution is 2.16. The normalized spacial score (nSPS) is 10.9. The molecule has 120 valence electrons. The van der Waals surface area contributed by atoms with E-state index in [4.69, 9.17) is 9.94 Å². The zero-order valence-corrected chi connectivity index (χ0v) is 13.0. The summed E-state index contributed by atoms with van der Waals surface area (Å²) in [6, 6.07) is 8.64. The molecule has 8 nitrogen and oxygen atoms in total. The van der Waals surface area contributed by atoms with Crippen molar-refractivity contribution in [3.63, 3.8) is 0 Å². The summed E-state index contributed by atoms with van der Waals surface area (Å²) in [5.74, 6) is -1.11. The minimum atomic E-state index is -0.778. The van der Waals surface area contributed by atoms with Crippen LogP contribution in [0.2, 0.25) is 0 Å². The van der Waals surface area contributed by atoms with Gasteiger partial charge in [0.2, 0.25) is 10.8 Å². The standard InChI is InChI=1S/C14H14N4O4S/c1-2-22-13(20)11(18-21)10-8-23-14(15-10)17-16-12(19)9-6-4-3-5-7-9/h3-8,21H,2H2,1H3,(H,15,17)(H,16,19)/b18-11-. The van der Waals surface area contributed by atoms with Crippen molar-refractivity contribution in [2.75, 3.05) is 12.0 Å². The predicted octanol–water partition coefficient (Wildman–Crippen LogP) is 1.64. The van der Waals surface area contributed by atoms with Gasteiger partial charge in [-0.2, -0.15) is 0 Å². The summed E-state index contributed by atoms with van der Waals surface area (Å²) >= 11 is 1.13. The summed E-state index contributed by atoms with van der Waals surface area (Å²) in [5.41, 5.74) is 5.44. The molecule has 2 rings (SSSR count). The lowest BCUT2D eigenvalue weighted by molar-refractivity contribution is -0.135. The van der Waals surface area contributed by atoms with Crippen LogP contribution in [-0.2, 0) is 9.53 Å². The van der Waals surface area contributed by atoms with Crippen LogP contribution in [0.25, 0.3) is 0 Å². The second-order valence-electron chi connectivity index (χ2n) is 4.15. The number of hydrogen-bond acceptors (Lipinski definition) is 8. The Morgan fingerprint density at radius 1 is 1.35 bits per heavy atom. The van der Waals surface area contributed by atoms with E-state index >= 15 is 0 Å². The average molecular weight is 334 g/mol. The molecule has 23 heavy (non-hydrogen) atoms. The summed E-state index contributed by atoms with van der Waals surface area (Å²) in [7, 11) is 0. The Morgan fingerprint density at radius 2 is 2.09 bits per heavy atom. The molecule has 0 spiro atoms. The van der Waals surface area contributed by atoms with Crippen molar-refractivity contribution >= 4 is 34.1 Å². The van der Waals surface area contributed by atoms with Crippen molar-refractivity contribution in [1.82, 2.24) is 10.4 Å². The smallest absolute Gasteiger partial charge is 0.362 e. The molecule has 0 unspecified atom stereocenters. The minimum Gasteiger partial charge on any atom is -0.461 e. The number of esters is 1. The largest absolute Gasteiger partial charge is 0.461 e. The predicted molar refractivity (Wildman–Crippen MR) is 84.6 cm³/mol. The number of benzene rings is 1. The van der Waals surface area contributed by atoms with Gasteiger partial charge in [0.1, 0.15) is 5.69 Å². The molecule has 0 bridgehead atoms. The van der Waals surface area contributed by atoms with Crippen LogP contribution >= 0.6 is 11.3 Å². The van der Waals surface area contributed by atoms with Gasteiger partial charge >= 0.3 is 5.97 Å². The number of ether oxygens (including phenoxy) is 1. The number of amides is 1. The third-order valence-electron chi connectivity index (χ3n) is 2.63. The van der Waals surface area contributed by atoms with Gasteiger partial charge in [-0.3, -0.25) is 15.6 Å². The lowest BCUT2D eigenvalue weighted by atomic mass is 10.2.